The second kappa shape index (κ2) is 6.42. The van der Waals surface area contributed by atoms with Gasteiger partial charge in [0.25, 0.3) is 5.91 Å². The van der Waals surface area contributed by atoms with Crippen molar-refractivity contribution in [3.05, 3.63) is 27.7 Å². The lowest BCUT2D eigenvalue weighted by atomic mass is 9.96. The van der Waals surface area contributed by atoms with Crippen molar-refractivity contribution in [2.24, 2.45) is 0 Å². The summed E-state index contributed by atoms with van der Waals surface area (Å²) in [6.45, 7) is 0.599. The molecule has 0 heterocycles. The van der Waals surface area contributed by atoms with Gasteiger partial charge in [-0.25, -0.2) is 0 Å². The predicted octanol–water partition coefficient (Wildman–Crippen LogP) is 3.18. The maximum absolute atomic E-state index is 12.4. The molecule has 1 aliphatic rings. The number of halogens is 2. The molecule has 116 valence electrons. The molecule has 0 spiro atoms. The van der Waals surface area contributed by atoms with Crippen LogP contribution >= 0.6 is 23.2 Å². The molecule has 2 rings (SSSR count). The van der Waals surface area contributed by atoms with Crippen LogP contribution in [-0.2, 0) is 0 Å². The van der Waals surface area contributed by atoms with Crippen LogP contribution in [0, 0.1) is 0 Å². The Morgan fingerprint density at radius 2 is 1.95 bits per heavy atom. The Bertz CT molecular complexity index is 540. The number of carbonyl (C=O) groups excluding carboxylic acids is 1. The molecule has 0 aliphatic heterocycles. The number of hydrogen-bond donors (Lipinski definition) is 2. The molecule has 4 nitrogen and oxygen atoms in total. The number of nitrogens with zero attached hydrogens (tertiary/aromatic N) is 1. The third-order valence-electron chi connectivity index (χ3n) is 4.36. The smallest absolute Gasteiger partial charge is 0.252 e. The number of nitrogens with one attached hydrogen (secondary N) is 1. The van der Waals surface area contributed by atoms with E-state index >= 15 is 0 Å². The molecule has 0 bridgehead atoms. The van der Waals surface area contributed by atoms with Gasteiger partial charge in [0, 0.05) is 17.8 Å². The number of carbonyl (C=O) groups is 1. The molecule has 6 heteroatoms. The van der Waals surface area contributed by atoms with Crippen molar-refractivity contribution in [2.75, 3.05) is 26.4 Å². The highest BCUT2D eigenvalue weighted by Crippen LogP contribution is 2.33. The summed E-state index contributed by atoms with van der Waals surface area (Å²) in [4.78, 5) is 14.6. The van der Waals surface area contributed by atoms with Gasteiger partial charge in [0.05, 0.1) is 15.6 Å². The third kappa shape index (κ3) is 3.44. The van der Waals surface area contributed by atoms with Crippen molar-refractivity contribution in [2.45, 2.75) is 31.2 Å². The van der Waals surface area contributed by atoms with E-state index in [2.05, 4.69) is 24.3 Å². The zero-order chi connectivity index (χ0) is 15.6. The van der Waals surface area contributed by atoms with E-state index in [9.17, 15) is 4.79 Å². The average molecular weight is 330 g/mol. The van der Waals surface area contributed by atoms with Gasteiger partial charge in [0.15, 0.2) is 0 Å². The Morgan fingerprint density at radius 3 is 2.52 bits per heavy atom. The molecule has 1 amide bonds. The quantitative estimate of drug-likeness (QED) is 0.834. The predicted molar refractivity (Wildman–Crippen MR) is 88.1 cm³/mol. The van der Waals surface area contributed by atoms with Gasteiger partial charge in [-0.1, -0.05) is 36.0 Å². The van der Waals surface area contributed by atoms with Crippen molar-refractivity contribution in [1.82, 2.24) is 10.2 Å². The Kier molecular flexibility index (Phi) is 5.02. The van der Waals surface area contributed by atoms with Gasteiger partial charge < -0.3 is 16.0 Å². The molecule has 1 aliphatic carbocycles. The fraction of sp³-hybridized carbons (Fsp3) is 0.533. The van der Waals surface area contributed by atoms with Gasteiger partial charge >= 0.3 is 0 Å². The second-order valence-electron chi connectivity index (χ2n) is 5.87. The van der Waals surface area contributed by atoms with Gasteiger partial charge in [-0.05, 0) is 39.1 Å². The SMILES string of the molecule is CN(C)C1(CNC(=O)c2cc(N)cc(Cl)c2Cl)CCCC1. The minimum atomic E-state index is -0.234. The maximum Gasteiger partial charge on any atom is 0.252 e. The van der Waals surface area contributed by atoms with E-state index in [4.69, 9.17) is 28.9 Å². The van der Waals surface area contributed by atoms with Crippen molar-refractivity contribution in [1.29, 1.82) is 0 Å². The lowest BCUT2D eigenvalue weighted by Crippen LogP contribution is -2.50. The van der Waals surface area contributed by atoms with E-state index in [1.807, 2.05) is 0 Å². The van der Waals surface area contributed by atoms with Gasteiger partial charge in [0.1, 0.15) is 0 Å². The largest absolute Gasteiger partial charge is 0.399 e. The molecule has 1 saturated carbocycles. The normalized spacial score (nSPS) is 17.2. The molecule has 1 aromatic carbocycles. The van der Waals surface area contributed by atoms with Crippen LogP contribution in [0.4, 0.5) is 5.69 Å². The lowest BCUT2D eigenvalue weighted by Gasteiger charge is -2.36. The first kappa shape index (κ1) is 16.4. The number of nitrogen functional groups attached to an aromatic ring is 1. The fourth-order valence-electron chi connectivity index (χ4n) is 2.93. The number of hydrogen-bond acceptors (Lipinski definition) is 3. The summed E-state index contributed by atoms with van der Waals surface area (Å²) in [6.07, 6.45) is 4.56. The van der Waals surface area contributed by atoms with Gasteiger partial charge in [-0.3, -0.25) is 4.79 Å². The number of benzene rings is 1. The van der Waals surface area contributed by atoms with Crippen LogP contribution in [0.15, 0.2) is 12.1 Å². The molecular weight excluding hydrogens is 309 g/mol. The summed E-state index contributed by atoms with van der Waals surface area (Å²) >= 11 is 12.1. The number of amides is 1. The van der Waals surface area contributed by atoms with E-state index in [0.717, 1.165) is 12.8 Å². The van der Waals surface area contributed by atoms with E-state index in [1.165, 1.54) is 12.8 Å². The van der Waals surface area contributed by atoms with E-state index in [0.29, 0.717) is 22.8 Å². The maximum atomic E-state index is 12.4. The van der Waals surface area contributed by atoms with Crippen molar-refractivity contribution >= 4 is 34.8 Å². The molecule has 0 unspecified atom stereocenters. The molecule has 0 radical (unpaired) electrons. The average Bonchev–Trinajstić information content (AvgIpc) is 2.90. The Labute approximate surface area is 135 Å². The number of rotatable bonds is 4. The molecule has 0 aromatic heterocycles. The van der Waals surface area contributed by atoms with E-state index in [1.54, 1.807) is 12.1 Å². The zero-order valence-corrected chi connectivity index (χ0v) is 13.9. The Balaban J connectivity index is 2.12. The summed E-state index contributed by atoms with van der Waals surface area (Å²) in [6, 6.07) is 3.10. The van der Waals surface area contributed by atoms with Crippen molar-refractivity contribution < 1.29 is 4.79 Å². The highest BCUT2D eigenvalue weighted by atomic mass is 35.5. The molecule has 0 atom stereocenters. The van der Waals surface area contributed by atoms with Crippen LogP contribution in [0.25, 0.3) is 0 Å². The van der Waals surface area contributed by atoms with Crippen LogP contribution in [0.1, 0.15) is 36.0 Å². The highest BCUT2D eigenvalue weighted by molar-refractivity contribution is 6.44. The van der Waals surface area contributed by atoms with Crippen molar-refractivity contribution in [3.63, 3.8) is 0 Å². The first-order chi connectivity index (χ1) is 9.85. The molecule has 1 aromatic rings. The number of likely N-dealkylation sites (N-methyl/N-ethyl adjacent to an activating group) is 1. The molecule has 21 heavy (non-hydrogen) atoms. The monoisotopic (exact) mass is 329 g/mol. The summed E-state index contributed by atoms with van der Waals surface area (Å²) in [5.74, 6) is -0.234. The summed E-state index contributed by atoms with van der Waals surface area (Å²) in [7, 11) is 4.11. The fourth-order valence-corrected chi connectivity index (χ4v) is 3.35. The first-order valence-corrected chi connectivity index (χ1v) is 7.81. The van der Waals surface area contributed by atoms with Crippen LogP contribution in [0.2, 0.25) is 10.0 Å². The van der Waals surface area contributed by atoms with E-state index in [-0.39, 0.29) is 16.5 Å². The van der Waals surface area contributed by atoms with E-state index < -0.39 is 0 Å². The molecular formula is C15H21Cl2N3O. The molecule has 0 saturated heterocycles. The number of anilines is 1. The number of nitrogens with two attached hydrogens (primary N) is 1. The van der Waals surface area contributed by atoms with Crippen LogP contribution in [0.3, 0.4) is 0 Å². The van der Waals surface area contributed by atoms with Crippen LogP contribution in [-0.4, -0.2) is 37.0 Å². The molecule has 1 fully saturated rings. The minimum absolute atomic E-state index is 0.0340. The summed E-state index contributed by atoms with van der Waals surface area (Å²) in [5.41, 5.74) is 6.52. The minimum Gasteiger partial charge on any atom is -0.399 e. The Morgan fingerprint density at radius 1 is 1.33 bits per heavy atom. The topological polar surface area (TPSA) is 58.4 Å². The summed E-state index contributed by atoms with van der Waals surface area (Å²) < 4.78 is 0. The zero-order valence-electron chi connectivity index (χ0n) is 12.4. The molecule has 3 N–H and O–H groups in total. The van der Waals surface area contributed by atoms with Crippen LogP contribution < -0.4 is 11.1 Å². The van der Waals surface area contributed by atoms with Gasteiger partial charge in [0.2, 0.25) is 0 Å². The van der Waals surface area contributed by atoms with Crippen molar-refractivity contribution in [3.8, 4) is 0 Å². The Hall–Kier alpha value is -0.970. The second-order valence-corrected chi connectivity index (χ2v) is 6.66. The summed E-state index contributed by atoms with van der Waals surface area (Å²) in [5, 5.41) is 3.52. The third-order valence-corrected chi connectivity index (χ3v) is 5.16. The highest BCUT2D eigenvalue weighted by Gasteiger charge is 2.36. The first-order valence-electron chi connectivity index (χ1n) is 7.06. The lowest BCUT2D eigenvalue weighted by molar-refractivity contribution is 0.0900. The van der Waals surface area contributed by atoms with Gasteiger partial charge in [-0.2, -0.15) is 0 Å². The standard InChI is InChI=1S/C15H21Cl2N3O/c1-20(2)15(5-3-4-6-15)9-19-14(21)11-7-10(18)8-12(16)13(11)17/h7-8H,3-6,9,18H2,1-2H3,(H,19,21). The van der Waals surface area contributed by atoms with Gasteiger partial charge in [-0.15, -0.1) is 0 Å². The van der Waals surface area contributed by atoms with Crippen LogP contribution in [0.5, 0.6) is 0 Å².